The molecule has 1 aromatic rings. The molecule has 3 heterocycles. The molecule has 0 saturated carbocycles. The second-order valence-corrected chi connectivity index (χ2v) is 8.29. The van der Waals surface area contributed by atoms with E-state index in [4.69, 9.17) is 11.6 Å². The molecule has 2 bridgehead atoms. The Morgan fingerprint density at radius 1 is 1.18 bits per heavy atom. The first-order valence-electron chi connectivity index (χ1n) is 7.41. The van der Waals surface area contributed by atoms with Crippen molar-refractivity contribution >= 4 is 27.5 Å². The van der Waals surface area contributed by atoms with Gasteiger partial charge in [0.25, 0.3) is 0 Å². The maximum Gasteiger partial charge on any atom is 0.244 e. The molecule has 2 atom stereocenters. The van der Waals surface area contributed by atoms with Gasteiger partial charge in [-0.25, -0.2) is 8.42 Å². The van der Waals surface area contributed by atoms with Crippen molar-refractivity contribution in [2.75, 3.05) is 19.6 Å². The second kappa shape index (κ2) is 5.83. The summed E-state index contributed by atoms with van der Waals surface area (Å²) in [5, 5.41) is 0.242. The summed E-state index contributed by atoms with van der Waals surface area (Å²) in [6, 6.07) is 6.36. The smallest absolute Gasteiger partial charge is 0.244 e. The molecule has 3 aliphatic heterocycles. The molecule has 5 nitrogen and oxygen atoms in total. The minimum atomic E-state index is -3.63. The molecule has 3 aliphatic rings. The third kappa shape index (κ3) is 2.75. The van der Waals surface area contributed by atoms with Crippen LogP contribution in [0.3, 0.4) is 0 Å². The molecule has 120 valence electrons. The fourth-order valence-corrected chi connectivity index (χ4v) is 5.59. The van der Waals surface area contributed by atoms with E-state index in [0.29, 0.717) is 19.6 Å². The fourth-order valence-electron chi connectivity index (χ4n) is 3.37. The van der Waals surface area contributed by atoms with Gasteiger partial charge in [-0.2, -0.15) is 4.31 Å². The summed E-state index contributed by atoms with van der Waals surface area (Å²) in [6.45, 7) is 3.11. The number of halogens is 1. The third-order valence-corrected chi connectivity index (χ3v) is 6.95. The molecule has 0 aromatic heterocycles. The highest BCUT2D eigenvalue weighted by Gasteiger charge is 2.42. The normalized spacial score (nSPS) is 26.0. The van der Waals surface area contributed by atoms with Crippen LogP contribution in [0, 0.1) is 5.92 Å². The van der Waals surface area contributed by atoms with Crippen molar-refractivity contribution in [1.29, 1.82) is 0 Å². The van der Waals surface area contributed by atoms with Gasteiger partial charge in [0.15, 0.2) is 0 Å². The van der Waals surface area contributed by atoms with E-state index >= 15 is 0 Å². The molecule has 1 aromatic carbocycles. The van der Waals surface area contributed by atoms with Gasteiger partial charge in [0.2, 0.25) is 15.9 Å². The van der Waals surface area contributed by atoms with Gasteiger partial charge in [0, 0.05) is 32.6 Å². The van der Waals surface area contributed by atoms with Crippen LogP contribution in [0.2, 0.25) is 5.02 Å². The van der Waals surface area contributed by atoms with Crippen LogP contribution < -0.4 is 0 Å². The van der Waals surface area contributed by atoms with E-state index in [-0.39, 0.29) is 27.8 Å². The van der Waals surface area contributed by atoms with Gasteiger partial charge in [0.1, 0.15) is 4.90 Å². The zero-order chi connectivity index (χ0) is 15.9. The fraction of sp³-hybridized carbons (Fsp3) is 0.533. The highest BCUT2D eigenvalue weighted by Crippen LogP contribution is 2.34. The number of carbonyl (C=O) groups excluding carboxylic acids is 1. The summed E-state index contributed by atoms with van der Waals surface area (Å²) in [4.78, 5) is 13.6. The Labute approximate surface area is 135 Å². The standard InChI is InChI=1S/C15H19ClN2O3S/c1-11(19)17-8-12-6-7-13(10-17)18(9-12)22(20,21)15-5-3-2-4-14(15)16/h2-5,12-13H,6-10H2,1H3/t12-,13+/m1/s1. The molecule has 4 rings (SSSR count). The Kier molecular flexibility index (Phi) is 4.18. The SMILES string of the molecule is CC(=O)N1C[C@H]2CC[C@@H](C1)N(S(=O)(=O)c1ccccc1Cl)C2. The van der Waals surface area contributed by atoms with Gasteiger partial charge in [-0.1, -0.05) is 23.7 Å². The Hall–Kier alpha value is -1.11. The molecular weight excluding hydrogens is 324 g/mol. The lowest BCUT2D eigenvalue weighted by atomic mass is 9.97. The number of benzene rings is 1. The van der Waals surface area contributed by atoms with Crippen LogP contribution in [0.15, 0.2) is 29.2 Å². The second-order valence-electron chi connectivity index (χ2n) is 6.03. The van der Waals surface area contributed by atoms with E-state index in [1.807, 2.05) is 0 Å². The third-order valence-electron chi connectivity index (χ3n) is 4.53. The van der Waals surface area contributed by atoms with Crippen molar-refractivity contribution in [3.63, 3.8) is 0 Å². The lowest BCUT2D eigenvalue weighted by Crippen LogP contribution is -2.47. The van der Waals surface area contributed by atoms with Crippen LogP contribution >= 0.6 is 11.6 Å². The number of piperidine rings is 1. The summed E-state index contributed by atoms with van der Waals surface area (Å²) in [6.07, 6.45) is 1.75. The Bertz CT molecular complexity index is 692. The van der Waals surface area contributed by atoms with Crippen molar-refractivity contribution in [3.05, 3.63) is 29.3 Å². The van der Waals surface area contributed by atoms with Gasteiger partial charge < -0.3 is 4.90 Å². The minimum absolute atomic E-state index is 0.00823. The van der Waals surface area contributed by atoms with Crippen molar-refractivity contribution < 1.29 is 13.2 Å². The van der Waals surface area contributed by atoms with Crippen molar-refractivity contribution in [2.24, 2.45) is 5.92 Å². The van der Waals surface area contributed by atoms with Crippen molar-refractivity contribution in [2.45, 2.75) is 30.7 Å². The Balaban J connectivity index is 1.95. The molecule has 0 N–H and O–H groups in total. The molecule has 3 saturated heterocycles. The lowest BCUT2D eigenvalue weighted by molar-refractivity contribution is -0.129. The number of sulfonamides is 1. The van der Waals surface area contributed by atoms with Gasteiger partial charge in [0.05, 0.1) is 5.02 Å². The number of hydrogen-bond donors (Lipinski definition) is 0. The van der Waals surface area contributed by atoms with Crippen molar-refractivity contribution in [3.8, 4) is 0 Å². The summed E-state index contributed by atoms with van der Waals surface area (Å²) in [5.74, 6) is 0.203. The monoisotopic (exact) mass is 342 g/mol. The first-order valence-corrected chi connectivity index (χ1v) is 9.23. The zero-order valence-electron chi connectivity index (χ0n) is 12.4. The maximum absolute atomic E-state index is 13.0. The first kappa shape index (κ1) is 15.8. The molecule has 0 radical (unpaired) electrons. The summed E-state index contributed by atoms with van der Waals surface area (Å²) >= 11 is 6.08. The van der Waals surface area contributed by atoms with Crippen LogP contribution in [0.4, 0.5) is 0 Å². The maximum atomic E-state index is 13.0. The highest BCUT2D eigenvalue weighted by molar-refractivity contribution is 7.89. The number of rotatable bonds is 2. The van der Waals surface area contributed by atoms with Gasteiger partial charge in [-0.15, -0.1) is 0 Å². The van der Waals surface area contributed by atoms with Crippen LogP contribution in [0.25, 0.3) is 0 Å². The predicted octanol–water partition coefficient (Wildman–Crippen LogP) is 1.97. The van der Waals surface area contributed by atoms with Gasteiger partial charge >= 0.3 is 0 Å². The Morgan fingerprint density at radius 3 is 2.59 bits per heavy atom. The average Bonchev–Trinajstić information content (AvgIpc) is 2.79. The summed E-state index contributed by atoms with van der Waals surface area (Å²) in [5.41, 5.74) is 0. The molecule has 0 unspecified atom stereocenters. The Morgan fingerprint density at radius 2 is 1.91 bits per heavy atom. The van der Waals surface area contributed by atoms with Crippen LogP contribution in [-0.4, -0.2) is 49.2 Å². The van der Waals surface area contributed by atoms with E-state index in [0.717, 1.165) is 12.8 Å². The summed E-state index contributed by atoms with van der Waals surface area (Å²) < 4.78 is 27.5. The molecule has 3 fully saturated rings. The number of amides is 1. The van der Waals surface area contributed by atoms with Crippen LogP contribution in [0.1, 0.15) is 19.8 Å². The van der Waals surface area contributed by atoms with E-state index in [2.05, 4.69) is 0 Å². The first-order chi connectivity index (χ1) is 10.4. The van der Waals surface area contributed by atoms with Gasteiger partial charge in [-0.05, 0) is 30.9 Å². The van der Waals surface area contributed by atoms with Crippen LogP contribution in [-0.2, 0) is 14.8 Å². The topological polar surface area (TPSA) is 57.7 Å². The van der Waals surface area contributed by atoms with E-state index in [9.17, 15) is 13.2 Å². The quantitative estimate of drug-likeness (QED) is 0.825. The molecular formula is C15H19ClN2O3S. The molecule has 0 aliphatic carbocycles. The van der Waals surface area contributed by atoms with E-state index < -0.39 is 10.0 Å². The average molecular weight is 343 g/mol. The molecule has 0 spiro atoms. The largest absolute Gasteiger partial charge is 0.341 e. The number of nitrogens with zero attached hydrogens (tertiary/aromatic N) is 2. The van der Waals surface area contributed by atoms with Crippen molar-refractivity contribution in [1.82, 2.24) is 9.21 Å². The van der Waals surface area contributed by atoms with Gasteiger partial charge in [-0.3, -0.25) is 4.79 Å². The number of hydrogen-bond acceptors (Lipinski definition) is 3. The minimum Gasteiger partial charge on any atom is -0.341 e. The zero-order valence-corrected chi connectivity index (χ0v) is 14.0. The molecule has 1 amide bonds. The highest BCUT2D eigenvalue weighted by atomic mass is 35.5. The lowest BCUT2D eigenvalue weighted by Gasteiger charge is -2.35. The summed E-state index contributed by atoms with van der Waals surface area (Å²) in [7, 11) is -3.63. The molecule has 7 heteroatoms. The number of fused-ring (bicyclic) bond motifs is 4. The van der Waals surface area contributed by atoms with Crippen LogP contribution in [0.5, 0.6) is 0 Å². The predicted molar refractivity (Wildman–Crippen MR) is 84.1 cm³/mol. The molecule has 22 heavy (non-hydrogen) atoms. The van der Waals surface area contributed by atoms with E-state index in [1.165, 1.54) is 6.92 Å². The number of carbonyl (C=O) groups is 1. The van der Waals surface area contributed by atoms with E-state index in [1.54, 1.807) is 33.5 Å².